The number of hydrogen-bond donors (Lipinski definition) is 3. The molecule has 1 saturated heterocycles. The molecule has 0 radical (unpaired) electrons. The Morgan fingerprint density at radius 1 is 1.39 bits per heavy atom. The summed E-state index contributed by atoms with van der Waals surface area (Å²) in [5.41, 5.74) is 1.26. The van der Waals surface area contributed by atoms with Crippen LogP contribution in [0.1, 0.15) is 37.8 Å². The van der Waals surface area contributed by atoms with E-state index in [1.54, 1.807) is 12.1 Å². The fraction of sp³-hybridized carbons (Fsp3) is 0.562. The van der Waals surface area contributed by atoms with Gasteiger partial charge in [0.05, 0.1) is 18.0 Å². The van der Waals surface area contributed by atoms with Gasteiger partial charge in [-0.15, -0.1) is 0 Å². The van der Waals surface area contributed by atoms with Crippen molar-refractivity contribution >= 4 is 21.6 Å². The Kier molecular flexibility index (Phi) is 6.01. The Labute approximate surface area is 138 Å². The SMILES string of the molecule is CC(NC(=O)CCC1CCNC1)c1ccccc1NS(C)(=O)=O. The molecule has 2 atom stereocenters. The Balaban J connectivity index is 1.94. The van der Waals surface area contributed by atoms with Crippen molar-refractivity contribution in [1.29, 1.82) is 0 Å². The van der Waals surface area contributed by atoms with E-state index >= 15 is 0 Å². The van der Waals surface area contributed by atoms with Crippen molar-refractivity contribution in [3.8, 4) is 0 Å². The van der Waals surface area contributed by atoms with Gasteiger partial charge in [-0.1, -0.05) is 18.2 Å². The van der Waals surface area contributed by atoms with E-state index in [1.807, 2.05) is 19.1 Å². The van der Waals surface area contributed by atoms with Gasteiger partial charge in [0.2, 0.25) is 15.9 Å². The second kappa shape index (κ2) is 7.79. The maximum absolute atomic E-state index is 12.1. The Morgan fingerprint density at radius 3 is 2.78 bits per heavy atom. The monoisotopic (exact) mass is 339 g/mol. The molecule has 0 saturated carbocycles. The van der Waals surface area contributed by atoms with Crippen LogP contribution < -0.4 is 15.4 Å². The largest absolute Gasteiger partial charge is 0.350 e. The average molecular weight is 339 g/mol. The van der Waals surface area contributed by atoms with Gasteiger partial charge in [-0.05, 0) is 50.4 Å². The maximum atomic E-state index is 12.1. The van der Waals surface area contributed by atoms with E-state index in [0.717, 1.165) is 37.8 Å². The highest BCUT2D eigenvalue weighted by molar-refractivity contribution is 7.92. The molecule has 23 heavy (non-hydrogen) atoms. The normalized spacial score (nSPS) is 19.3. The quantitative estimate of drug-likeness (QED) is 0.704. The average Bonchev–Trinajstić information content (AvgIpc) is 2.97. The first-order valence-corrected chi connectivity index (χ1v) is 9.81. The number of anilines is 1. The first-order chi connectivity index (χ1) is 10.8. The third-order valence-electron chi connectivity index (χ3n) is 4.04. The van der Waals surface area contributed by atoms with Crippen LogP contribution >= 0.6 is 0 Å². The molecule has 1 amide bonds. The fourth-order valence-corrected chi connectivity index (χ4v) is 3.44. The summed E-state index contributed by atoms with van der Waals surface area (Å²) in [5, 5.41) is 6.25. The summed E-state index contributed by atoms with van der Waals surface area (Å²) in [6, 6.07) is 6.85. The van der Waals surface area contributed by atoms with Crippen LogP contribution in [0, 0.1) is 5.92 Å². The van der Waals surface area contributed by atoms with Crippen molar-refractivity contribution in [2.24, 2.45) is 5.92 Å². The molecule has 3 N–H and O–H groups in total. The van der Waals surface area contributed by atoms with Crippen LogP contribution in [0.25, 0.3) is 0 Å². The molecule has 0 aliphatic carbocycles. The summed E-state index contributed by atoms with van der Waals surface area (Å²) in [7, 11) is -3.35. The Bertz CT molecular complexity index is 640. The molecular weight excluding hydrogens is 314 g/mol. The number of carbonyl (C=O) groups excluding carboxylic acids is 1. The Morgan fingerprint density at radius 2 is 2.13 bits per heavy atom. The van der Waals surface area contributed by atoms with E-state index < -0.39 is 10.0 Å². The minimum Gasteiger partial charge on any atom is -0.350 e. The molecule has 0 bridgehead atoms. The maximum Gasteiger partial charge on any atom is 0.229 e. The smallest absolute Gasteiger partial charge is 0.229 e. The van der Waals surface area contributed by atoms with Gasteiger partial charge in [0.1, 0.15) is 0 Å². The van der Waals surface area contributed by atoms with Crippen molar-refractivity contribution in [2.45, 2.75) is 32.2 Å². The van der Waals surface area contributed by atoms with Crippen LogP contribution in [-0.4, -0.2) is 33.7 Å². The van der Waals surface area contributed by atoms with Crippen LogP contribution in [0.3, 0.4) is 0 Å². The third kappa shape index (κ3) is 5.84. The first kappa shape index (κ1) is 17.7. The molecule has 0 spiro atoms. The molecule has 128 valence electrons. The van der Waals surface area contributed by atoms with Crippen LogP contribution in [0.5, 0.6) is 0 Å². The van der Waals surface area contributed by atoms with Crippen LogP contribution in [0.2, 0.25) is 0 Å². The van der Waals surface area contributed by atoms with Gasteiger partial charge in [0.15, 0.2) is 0 Å². The summed E-state index contributed by atoms with van der Waals surface area (Å²) in [6.07, 6.45) is 3.62. The molecule has 1 fully saturated rings. The van der Waals surface area contributed by atoms with Gasteiger partial charge in [0.25, 0.3) is 0 Å². The number of amides is 1. The van der Waals surface area contributed by atoms with E-state index in [-0.39, 0.29) is 11.9 Å². The molecule has 1 aromatic rings. The molecule has 2 unspecified atom stereocenters. The molecule has 2 rings (SSSR count). The van der Waals surface area contributed by atoms with Gasteiger partial charge in [-0.2, -0.15) is 0 Å². The summed E-state index contributed by atoms with van der Waals surface area (Å²) in [6.45, 7) is 3.88. The van der Waals surface area contributed by atoms with E-state index in [4.69, 9.17) is 0 Å². The van der Waals surface area contributed by atoms with Crippen molar-refractivity contribution in [1.82, 2.24) is 10.6 Å². The number of para-hydroxylation sites is 1. The van der Waals surface area contributed by atoms with Crippen LogP contribution in [0.15, 0.2) is 24.3 Å². The number of rotatable bonds is 7. The Hall–Kier alpha value is -1.60. The highest BCUT2D eigenvalue weighted by Gasteiger charge is 2.18. The number of benzene rings is 1. The number of hydrogen-bond acceptors (Lipinski definition) is 4. The number of nitrogens with one attached hydrogen (secondary N) is 3. The van der Waals surface area contributed by atoms with E-state index in [0.29, 0.717) is 18.0 Å². The lowest BCUT2D eigenvalue weighted by Gasteiger charge is -2.19. The molecule has 1 aromatic carbocycles. The number of sulfonamides is 1. The summed E-state index contributed by atoms with van der Waals surface area (Å²) >= 11 is 0. The second-order valence-corrected chi connectivity index (χ2v) is 7.90. The zero-order valence-electron chi connectivity index (χ0n) is 13.6. The van der Waals surface area contributed by atoms with Crippen molar-refractivity contribution in [3.63, 3.8) is 0 Å². The minimum absolute atomic E-state index is 0.00133. The molecule has 1 heterocycles. The molecular formula is C16H25N3O3S. The fourth-order valence-electron chi connectivity index (χ4n) is 2.85. The zero-order chi connectivity index (χ0) is 16.9. The first-order valence-electron chi connectivity index (χ1n) is 7.92. The van der Waals surface area contributed by atoms with Gasteiger partial charge < -0.3 is 10.6 Å². The number of carbonyl (C=O) groups is 1. The van der Waals surface area contributed by atoms with Crippen LogP contribution in [-0.2, 0) is 14.8 Å². The van der Waals surface area contributed by atoms with Crippen molar-refractivity contribution < 1.29 is 13.2 Å². The van der Waals surface area contributed by atoms with E-state index in [9.17, 15) is 13.2 Å². The lowest BCUT2D eigenvalue weighted by Crippen LogP contribution is -2.28. The lowest BCUT2D eigenvalue weighted by atomic mass is 10.0. The van der Waals surface area contributed by atoms with Gasteiger partial charge in [-0.3, -0.25) is 9.52 Å². The third-order valence-corrected chi connectivity index (χ3v) is 4.63. The van der Waals surface area contributed by atoms with E-state index in [1.165, 1.54) is 0 Å². The lowest BCUT2D eigenvalue weighted by molar-refractivity contribution is -0.122. The highest BCUT2D eigenvalue weighted by Crippen LogP contribution is 2.23. The van der Waals surface area contributed by atoms with E-state index in [2.05, 4.69) is 15.4 Å². The minimum atomic E-state index is -3.35. The zero-order valence-corrected chi connectivity index (χ0v) is 14.4. The second-order valence-electron chi connectivity index (χ2n) is 6.15. The molecule has 6 nitrogen and oxygen atoms in total. The van der Waals surface area contributed by atoms with Gasteiger partial charge >= 0.3 is 0 Å². The van der Waals surface area contributed by atoms with Crippen LogP contribution in [0.4, 0.5) is 5.69 Å². The van der Waals surface area contributed by atoms with Gasteiger partial charge in [-0.25, -0.2) is 8.42 Å². The van der Waals surface area contributed by atoms with Crippen molar-refractivity contribution in [2.75, 3.05) is 24.1 Å². The summed E-state index contributed by atoms with van der Waals surface area (Å²) < 4.78 is 25.4. The highest BCUT2D eigenvalue weighted by atomic mass is 32.2. The van der Waals surface area contributed by atoms with Gasteiger partial charge in [0, 0.05) is 6.42 Å². The standard InChI is InChI=1S/C16H25N3O3S/c1-12(18-16(20)8-7-13-9-10-17-11-13)14-5-3-4-6-15(14)19-23(2,21)22/h3-6,12-13,17,19H,7-11H2,1-2H3,(H,18,20). The molecule has 7 heteroatoms. The molecule has 1 aliphatic rings. The molecule has 0 aromatic heterocycles. The topological polar surface area (TPSA) is 87.3 Å². The summed E-state index contributed by atoms with van der Waals surface area (Å²) in [4.78, 5) is 12.1. The summed E-state index contributed by atoms with van der Waals surface area (Å²) in [5.74, 6) is 0.578. The molecule has 1 aliphatic heterocycles. The predicted molar refractivity (Wildman–Crippen MR) is 91.7 cm³/mol. The van der Waals surface area contributed by atoms with Crippen molar-refractivity contribution in [3.05, 3.63) is 29.8 Å². The predicted octanol–water partition coefficient (Wildman–Crippen LogP) is 1.62.